The Morgan fingerprint density at radius 3 is 2.22 bits per heavy atom. The molecule has 9 heavy (non-hydrogen) atoms. The lowest BCUT2D eigenvalue weighted by Crippen LogP contribution is -1.72. The summed E-state index contributed by atoms with van der Waals surface area (Å²) in [5.74, 6) is 0. The molecule has 0 aliphatic carbocycles. The largest absolute Gasteiger partial charge is 0.262 e. The Morgan fingerprint density at radius 1 is 1.33 bits per heavy atom. The maximum Gasteiger partial charge on any atom is 0.0372 e. The lowest BCUT2D eigenvalue weighted by atomic mass is 10.4. The van der Waals surface area contributed by atoms with E-state index in [0.29, 0.717) is 0 Å². The van der Waals surface area contributed by atoms with Crippen LogP contribution in [0, 0.1) is 6.92 Å². The van der Waals surface area contributed by atoms with Crippen molar-refractivity contribution in [3.8, 4) is 0 Å². The molecule has 0 amide bonds. The van der Waals surface area contributed by atoms with Gasteiger partial charge in [0.1, 0.15) is 0 Å². The van der Waals surface area contributed by atoms with Crippen molar-refractivity contribution in [2.24, 2.45) is 0 Å². The number of aryl methyl sites for hydroxylation is 1. The van der Waals surface area contributed by atoms with Crippen molar-refractivity contribution in [2.75, 3.05) is 6.26 Å². The SMILES string of the molecule is CS.Cc1ccccn1. The Morgan fingerprint density at radius 2 is 2.00 bits per heavy atom. The van der Waals surface area contributed by atoms with Gasteiger partial charge in [-0.3, -0.25) is 4.98 Å². The van der Waals surface area contributed by atoms with Crippen LogP contribution in [0.5, 0.6) is 0 Å². The van der Waals surface area contributed by atoms with Crippen molar-refractivity contribution in [1.29, 1.82) is 0 Å². The van der Waals surface area contributed by atoms with Gasteiger partial charge in [-0.15, -0.1) is 0 Å². The van der Waals surface area contributed by atoms with Crippen molar-refractivity contribution in [2.45, 2.75) is 6.92 Å². The monoisotopic (exact) mass is 141 g/mol. The average Bonchev–Trinajstić information content (AvgIpc) is 1.94. The first-order valence-corrected chi connectivity index (χ1v) is 3.61. The van der Waals surface area contributed by atoms with Gasteiger partial charge in [-0.25, -0.2) is 0 Å². The highest BCUT2D eigenvalue weighted by atomic mass is 32.1. The minimum atomic E-state index is 1.07. The zero-order valence-corrected chi connectivity index (χ0v) is 6.60. The van der Waals surface area contributed by atoms with Crippen molar-refractivity contribution in [3.05, 3.63) is 30.1 Å². The molecule has 1 aromatic rings. The summed E-state index contributed by atoms with van der Waals surface area (Å²) < 4.78 is 0. The van der Waals surface area contributed by atoms with Gasteiger partial charge in [-0.05, 0) is 25.3 Å². The second kappa shape index (κ2) is 5.63. The summed E-state index contributed by atoms with van der Waals surface area (Å²) in [5.41, 5.74) is 1.07. The summed E-state index contributed by atoms with van der Waals surface area (Å²) in [5, 5.41) is 0. The number of hydrogen-bond acceptors (Lipinski definition) is 2. The zero-order valence-electron chi connectivity index (χ0n) is 5.70. The molecule has 0 aromatic carbocycles. The normalized spacial score (nSPS) is 7.44. The summed E-state index contributed by atoms with van der Waals surface area (Å²) in [6.07, 6.45) is 3.48. The molecule has 2 heteroatoms. The van der Waals surface area contributed by atoms with E-state index >= 15 is 0 Å². The van der Waals surface area contributed by atoms with Crippen LogP contribution in [0.4, 0.5) is 0 Å². The lowest BCUT2D eigenvalue weighted by molar-refractivity contribution is 1.20. The molecule has 0 bridgehead atoms. The summed E-state index contributed by atoms with van der Waals surface area (Å²) in [6.45, 7) is 1.97. The van der Waals surface area contributed by atoms with Gasteiger partial charge in [0.05, 0.1) is 0 Å². The molecule has 50 valence electrons. The van der Waals surface area contributed by atoms with Crippen molar-refractivity contribution in [3.63, 3.8) is 0 Å². The standard InChI is InChI=1S/C6H7N.CH4S/c1-6-4-2-3-5-7-6;1-2/h2-5H,1H3;2H,1H3. The van der Waals surface area contributed by atoms with Crippen LogP contribution in [0.3, 0.4) is 0 Å². The van der Waals surface area contributed by atoms with Gasteiger partial charge in [0.2, 0.25) is 0 Å². The van der Waals surface area contributed by atoms with Crippen LogP contribution in [0.25, 0.3) is 0 Å². The van der Waals surface area contributed by atoms with Crippen molar-refractivity contribution < 1.29 is 0 Å². The Balaban J connectivity index is 0.000000291. The third-order valence-corrected chi connectivity index (χ3v) is 0.813. The fourth-order valence-corrected chi connectivity index (χ4v) is 0.448. The zero-order chi connectivity index (χ0) is 7.11. The summed E-state index contributed by atoms with van der Waals surface area (Å²) in [6, 6.07) is 5.86. The van der Waals surface area contributed by atoms with Gasteiger partial charge in [0, 0.05) is 11.9 Å². The van der Waals surface area contributed by atoms with E-state index in [0.717, 1.165) is 5.69 Å². The highest BCUT2D eigenvalue weighted by Crippen LogP contribution is 1.85. The lowest BCUT2D eigenvalue weighted by Gasteiger charge is -1.82. The maximum atomic E-state index is 3.98. The van der Waals surface area contributed by atoms with Crippen molar-refractivity contribution >= 4 is 12.6 Å². The van der Waals surface area contributed by atoms with Gasteiger partial charge in [0.15, 0.2) is 0 Å². The number of nitrogens with zero attached hydrogens (tertiary/aromatic N) is 1. The quantitative estimate of drug-likeness (QED) is 0.545. The Hall–Kier alpha value is -0.500. The predicted octanol–water partition coefficient (Wildman–Crippen LogP) is 1.94. The average molecular weight is 141 g/mol. The molecule has 0 radical (unpaired) electrons. The molecule has 0 spiro atoms. The molecule has 1 heterocycles. The Bertz CT molecular complexity index is 139. The first kappa shape index (κ1) is 8.50. The second-order valence-corrected chi connectivity index (χ2v) is 1.47. The highest BCUT2D eigenvalue weighted by Gasteiger charge is 1.73. The van der Waals surface area contributed by atoms with E-state index in [2.05, 4.69) is 17.6 Å². The van der Waals surface area contributed by atoms with Crippen LogP contribution in [0.15, 0.2) is 24.4 Å². The topological polar surface area (TPSA) is 12.9 Å². The molecule has 1 aromatic heterocycles. The molecule has 0 saturated carbocycles. The maximum absolute atomic E-state index is 3.98. The molecule has 0 aliphatic rings. The molecule has 1 rings (SSSR count). The molecular formula is C7H11NS. The van der Waals surface area contributed by atoms with E-state index in [1.165, 1.54) is 0 Å². The molecule has 0 unspecified atom stereocenters. The fourth-order valence-electron chi connectivity index (χ4n) is 0.448. The summed E-state index contributed by atoms with van der Waals surface area (Å²) in [7, 11) is 0. The number of thiol groups is 1. The van der Waals surface area contributed by atoms with Crippen LogP contribution in [-0.2, 0) is 0 Å². The van der Waals surface area contributed by atoms with Gasteiger partial charge in [0.25, 0.3) is 0 Å². The second-order valence-electron chi connectivity index (χ2n) is 1.47. The molecule has 1 nitrogen and oxygen atoms in total. The van der Waals surface area contributed by atoms with Gasteiger partial charge >= 0.3 is 0 Å². The van der Waals surface area contributed by atoms with Gasteiger partial charge in [-0.1, -0.05) is 6.07 Å². The molecule has 0 saturated heterocycles. The van der Waals surface area contributed by atoms with Crippen LogP contribution < -0.4 is 0 Å². The first-order valence-electron chi connectivity index (χ1n) is 2.72. The van der Waals surface area contributed by atoms with E-state index in [1.807, 2.05) is 25.1 Å². The highest BCUT2D eigenvalue weighted by molar-refractivity contribution is 7.79. The van der Waals surface area contributed by atoms with Crippen LogP contribution in [-0.4, -0.2) is 11.2 Å². The number of pyridine rings is 1. The summed E-state index contributed by atoms with van der Waals surface area (Å²) >= 11 is 3.53. The number of rotatable bonds is 0. The molecule has 0 N–H and O–H groups in total. The van der Waals surface area contributed by atoms with E-state index in [1.54, 1.807) is 12.5 Å². The van der Waals surface area contributed by atoms with E-state index < -0.39 is 0 Å². The summed E-state index contributed by atoms with van der Waals surface area (Å²) in [4.78, 5) is 3.98. The third kappa shape index (κ3) is 4.03. The van der Waals surface area contributed by atoms with Crippen LogP contribution >= 0.6 is 12.6 Å². The smallest absolute Gasteiger partial charge is 0.0372 e. The van der Waals surface area contributed by atoms with Crippen molar-refractivity contribution in [1.82, 2.24) is 4.98 Å². The van der Waals surface area contributed by atoms with Gasteiger partial charge < -0.3 is 0 Å². The van der Waals surface area contributed by atoms with Crippen LogP contribution in [0.1, 0.15) is 5.69 Å². The third-order valence-electron chi connectivity index (χ3n) is 0.813. The molecular weight excluding hydrogens is 130 g/mol. The van der Waals surface area contributed by atoms with Crippen LogP contribution in [0.2, 0.25) is 0 Å². The first-order chi connectivity index (χ1) is 4.39. The Labute approximate surface area is 61.5 Å². The van der Waals surface area contributed by atoms with E-state index in [-0.39, 0.29) is 0 Å². The minimum Gasteiger partial charge on any atom is -0.262 e. The van der Waals surface area contributed by atoms with Gasteiger partial charge in [-0.2, -0.15) is 12.6 Å². The molecule has 0 aliphatic heterocycles. The molecule has 0 fully saturated rings. The van der Waals surface area contributed by atoms with E-state index in [4.69, 9.17) is 0 Å². The number of aromatic nitrogens is 1. The van der Waals surface area contributed by atoms with E-state index in [9.17, 15) is 0 Å². The Kier molecular flexibility index (Phi) is 5.32. The number of hydrogen-bond donors (Lipinski definition) is 1. The fraction of sp³-hybridized carbons (Fsp3) is 0.286. The minimum absolute atomic E-state index is 1.07. The molecule has 0 atom stereocenters. The predicted molar refractivity (Wildman–Crippen MR) is 43.9 cm³/mol.